The third kappa shape index (κ3) is 2.15. The Morgan fingerprint density at radius 2 is 2.00 bits per heavy atom. The molecule has 7 heteroatoms. The number of carbonyl (C=O) groups excluding carboxylic acids is 1. The van der Waals surface area contributed by atoms with Gasteiger partial charge in [-0.2, -0.15) is 0 Å². The van der Waals surface area contributed by atoms with Gasteiger partial charge in [0, 0.05) is 12.6 Å². The van der Waals surface area contributed by atoms with Crippen molar-refractivity contribution < 1.29 is 17.9 Å². The molecule has 2 aliphatic heterocycles. The molecule has 2 rings (SSSR count). The highest BCUT2D eigenvalue weighted by Gasteiger charge is 2.39. The highest BCUT2D eigenvalue weighted by Crippen LogP contribution is 2.24. The molecule has 6 nitrogen and oxygen atoms in total. The van der Waals surface area contributed by atoms with Crippen LogP contribution in [0, 0.1) is 0 Å². The lowest BCUT2D eigenvalue weighted by Gasteiger charge is -2.32. The van der Waals surface area contributed by atoms with Gasteiger partial charge in [0.15, 0.2) is 0 Å². The Morgan fingerprint density at radius 3 is 2.56 bits per heavy atom. The summed E-state index contributed by atoms with van der Waals surface area (Å²) in [6.45, 7) is 0.674. The number of cyclic esters (lactones) is 1. The minimum Gasteiger partial charge on any atom is -0.447 e. The molecule has 2 N–H and O–H groups in total. The molecule has 0 aromatic heterocycles. The van der Waals surface area contributed by atoms with Crippen molar-refractivity contribution in [1.82, 2.24) is 4.90 Å². The minimum absolute atomic E-state index is 0.0351. The maximum atomic E-state index is 11.5. The first-order valence-corrected chi connectivity index (χ1v) is 7.21. The Labute approximate surface area is 94.6 Å². The maximum absolute atomic E-state index is 11.5. The van der Waals surface area contributed by atoms with Crippen molar-refractivity contribution >= 4 is 15.9 Å². The predicted molar refractivity (Wildman–Crippen MR) is 57.7 cm³/mol. The summed E-state index contributed by atoms with van der Waals surface area (Å²) in [5, 5.41) is 0. The van der Waals surface area contributed by atoms with E-state index in [1.54, 1.807) is 4.90 Å². The normalized spacial score (nSPS) is 30.4. The van der Waals surface area contributed by atoms with E-state index in [0.717, 1.165) is 0 Å². The molecule has 16 heavy (non-hydrogen) atoms. The molecule has 0 aromatic rings. The first-order valence-electron chi connectivity index (χ1n) is 5.39. The zero-order valence-electron chi connectivity index (χ0n) is 8.96. The molecule has 2 aliphatic rings. The predicted octanol–water partition coefficient (Wildman–Crippen LogP) is -0.657. The maximum Gasteiger partial charge on any atom is 0.410 e. The molecule has 92 valence electrons. The summed E-state index contributed by atoms with van der Waals surface area (Å²) in [4.78, 5) is 13.1. The number of hydrogen-bond donors (Lipinski definition) is 1. The number of hydrogen-bond acceptors (Lipinski definition) is 5. The van der Waals surface area contributed by atoms with Gasteiger partial charge in [0.05, 0.1) is 17.5 Å². The van der Waals surface area contributed by atoms with Crippen molar-refractivity contribution in [3.63, 3.8) is 0 Å². The number of rotatable bonds is 2. The Bertz CT molecular complexity index is 367. The summed E-state index contributed by atoms with van der Waals surface area (Å²) in [7, 11) is -2.90. The van der Waals surface area contributed by atoms with Crippen molar-refractivity contribution in [3.05, 3.63) is 0 Å². The molecule has 2 saturated heterocycles. The van der Waals surface area contributed by atoms with Crippen LogP contribution in [0.3, 0.4) is 0 Å². The summed E-state index contributed by atoms with van der Waals surface area (Å²) in [5.41, 5.74) is 5.55. The van der Waals surface area contributed by atoms with Gasteiger partial charge in [0.25, 0.3) is 0 Å². The third-order valence-electron chi connectivity index (χ3n) is 3.19. The van der Waals surface area contributed by atoms with E-state index in [2.05, 4.69) is 0 Å². The Balaban J connectivity index is 2.05. The molecule has 1 amide bonds. The van der Waals surface area contributed by atoms with Gasteiger partial charge >= 0.3 is 6.09 Å². The Hall–Kier alpha value is -0.820. The number of carbonyl (C=O) groups is 1. The molecule has 0 aliphatic carbocycles. The summed E-state index contributed by atoms with van der Waals surface area (Å²) in [5.74, 6) is 0.303. The lowest BCUT2D eigenvalue weighted by atomic mass is 10.1. The lowest BCUT2D eigenvalue weighted by Crippen LogP contribution is -2.48. The molecule has 0 spiro atoms. The number of sulfone groups is 1. The van der Waals surface area contributed by atoms with Crippen LogP contribution in [0.5, 0.6) is 0 Å². The highest BCUT2D eigenvalue weighted by molar-refractivity contribution is 7.91. The van der Waals surface area contributed by atoms with Crippen LogP contribution in [-0.2, 0) is 14.6 Å². The van der Waals surface area contributed by atoms with E-state index in [1.165, 1.54) is 0 Å². The van der Waals surface area contributed by atoms with E-state index in [0.29, 0.717) is 26.0 Å². The number of nitrogens with two attached hydrogens (primary N) is 1. The summed E-state index contributed by atoms with van der Waals surface area (Å²) >= 11 is 0. The number of amides is 1. The molecule has 0 aromatic carbocycles. The van der Waals surface area contributed by atoms with E-state index >= 15 is 0 Å². The summed E-state index contributed by atoms with van der Waals surface area (Å²) in [6, 6.07) is -0.134. The SMILES string of the molecule is NCC1COC(=O)N1C1CCS(=O)(=O)CC1. The molecule has 0 bridgehead atoms. The van der Waals surface area contributed by atoms with Gasteiger partial charge in [0.2, 0.25) is 0 Å². The topological polar surface area (TPSA) is 89.7 Å². The van der Waals surface area contributed by atoms with Gasteiger partial charge in [-0.3, -0.25) is 4.90 Å². The van der Waals surface area contributed by atoms with Gasteiger partial charge in [-0.1, -0.05) is 0 Å². The number of nitrogens with zero attached hydrogens (tertiary/aromatic N) is 1. The summed E-state index contributed by atoms with van der Waals surface area (Å²) in [6.07, 6.45) is 0.627. The van der Waals surface area contributed by atoms with Gasteiger partial charge in [-0.05, 0) is 12.8 Å². The van der Waals surface area contributed by atoms with Gasteiger partial charge in [-0.15, -0.1) is 0 Å². The van der Waals surface area contributed by atoms with Crippen LogP contribution in [0.4, 0.5) is 4.79 Å². The quantitative estimate of drug-likeness (QED) is 0.701. The van der Waals surface area contributed by atoms with Crippen molar-refractivity contribution in [3.8, 4) is 0 Å². The molecule has 2 fully saturated rings. The fourth-order valence-corrected chi connectivity index (χ4v) is 3.72. The zero-order chi connectivity index (χ0) is 11.8. The van der Waals surface area contributed by atoms with E-state index in [9.17, 15) is 13.2 Å². The van der Waals surface area contributed by atoms with Crippen LogP contribution in [-0.4, -0.2) is 56.2 Å². The first kappa shape index (κ1) is 11.7. The van der Waals surface area contributed by atoms with Crippen molar-refractivity contribution in [1.29, 1.82) is 0 Å². The second-order valence-corrected chi connectivity index (χ2v) is 6.56. The second-order valence-electron chi connectivity index (χ2n) is 4.26. The molecular formula is C9H16N2O4S. The molecule has 2 heterocycles. The third-order valence-corrected chi connectivity index (χ3v) is 4.91. The van der Waals surface area contributed by atoms with E-state index < -0.39 is 9.84 Å². The van der Waals surface area contributed by atoms with Crippen LogP contribution in [0.1, 0.15) is 12.8 Å². The van der Waals surface area contributed by atoms with Gasteiger partial charge in [-0.25, -0.2) is 13.2 Å². The van der Waals surface area contributed by atoms with E-state index in [-0.39, 0.29) is 29.7 Å². The summed E-state index contributed by atoms with van der Waals surface area (Å²) < 4.78 is 27.5. The molecule has 1 unspecified atom stereocenters. The van der Waals surface area contributed by atoms with Crippen molar-refractivity contribution in [2.24, 2.45) is 5.73 Å². The fourth-order valence-electron chi connectivity index (χ4n) is 2.26. The Morgan fingerprint density at radius 1 is 1.38 bits per heavy atom. The monoisotopic (exact) mass is 248 g/mol. The number of ether oxygens (including phenoxy) is 1. The standard InChI is InChI=1S/C9H16N2O4S/c10-5-8-6-15-9(12)11(8)7-1-3-16(13,14)4-2-7/h7-8H,1-6,10H2. The molecule has 1 atom stereocenters. The first-order chi connectivity index (χ1) is 7.53. The van der Waals surface area contributed by atoms with Crippen molar-refractivity contribution in [2.75, 3.05) is 24.7 Å². The van der Waals surface area contributed by atoms with E-state index in [1.807, 2.05) is 0 Å². The van der Waals surface area contributed by atoms with Crippen LogP contribution in [0.25, 0.3) is 0 Å². The van der Waals surface area contributed by atoms with E-state index in [4.69, 9.17) is 10.5 Å². The van der Waals surface area contributed by atoms with Crippen molar-refractivity contribution in [2.45, 2.75) is 24.9 Å². The average molecular weight is 248 g/mol. The Kier molecular flexibility index (Phi) is 3.07. The molecular weight excluding hydrogens is 232 g/mol. The fraction of sp³-hybridized carbons (Fsp3) is 0.889. The van der Waals surface area contributed by atoms with Crippen LogP contribution in [0.2, 0.25) is 0 Å². The smallest absolute Gasteiger partial charge is 0.410 e. The van der Waals surface area contributed by atoms with Crippen LogP contribution < -0.4 is 5.73 Å². The zero-order valence-corrected chi connectivity index (χ0v) is 9.78. The largest absolute Gasteiger partial charge is 0.447 e. The second kappa shape index (κ2) is 4.21. The van der Waals surface area contributed by atoms with Crippen LogP contribution in [0.15, 0.2) is 0 Å². The minimum atomic E-state index is -2.90. The lowest BCUT2D eigenvalue weighted by molar-refractivity contribution is 0.141. The molecule has 0 saturated carbocycles. The van der Waals surface area contributed by atoms with Gasteiger partial charge < -0.3 is 10.5 Å². The van der Waals surface area contributed by atoms with Crippen LogP contribution >= 0.6 is 0 Å². The highest BCUT2D eigenvalue weighted by atomic mass is 32.2. The average Bonchev–Trinajstić information content (AvgIpc) is 2.60. The molecule has 0 radical (unpaired) electrons. The van der Waals surface area contributed by atoms with Gasteiger partial charge in [0.1, 0.15) is 16.4 Å².